The number of hydrogen-bond acceptors (Lipinski definition) is 5. The third kappa shape index (κ3) is 3.91. The van der Waals surface area contributed by atoms with Gasteiger partial charge in [0.1, 0.15) is 5.75 Å². The summed E-state index contributed by atoms with van der Waals surface area (Å²) in [4.78, 5) is 29.9. The molecule has 1 saturated heterocycles. The molecule has 0 aromatic heterocycles. The van der Waals surface area contributed by atoms with Crippen LogP contribution in [0.3, 0.4) is 0 Å². The highest BCUT2D eigenvalue weighted by atomic mass is 16.5. The molecule has 1 unspecified atom stereocenters. The van der Waals surface area contributed by atoms with Gasteiger partial charge in [-0.15, -0.1) is 0 Å². The number of fused-ring (bicyclic) bond motifs is 1. The Labute approximate surface area is 176 Å². The molecule has 7 nitrogen and oxygen atoms in total. The van der Waals surface area contributed by atoms with Gasteiger partial charge in [-0.25, -0.2) is 0 Å². The summed E-state index contributed by atoms with van der Waals surface area (Å²) in [5.74, 6) is -0.377. The lowest BCUT2D eigenvalue weighted by atomic mass is 9.99. The molecule has 30 heavy (non-hydrogen) atoms. The minimum absolute atomic E-state index is 0.400. The van der Waals surface area contributed by atoms with E-state index in [9.17, 15) is 9.59 Å². The van der Waals surface area contributed by atoms with Crippen LogP contribution >= 0.6 is 0 Å². The second-order valence-corrected chi connectivity index (χ2v) is 8.01. The molecule has 0 aliphatic carbocycles. The van der Waals surface area contributed by atoms with Gasteiger partial charge in [-0.1, -0.05) is 18.2 Å². The fraction of sp³-hybridized carbons (Fsp3) is 0.391. The van der Waals surface area contributed by atoms with Crippen molar-refractivity contribution in [3.63, 3.8) is 0 Å². The summed E-state index contributed by atoms with van der Waals surface area (Å²) in [6.45, 7) is 7.51. The largest absolute Gasteiger partial charge is 0.465 e. The summed E-state index contributed by atoms with van der Waals surface area (Å²) >= 11 is 0. The topological polar surface area (TPSA) is 71.1 Å². The van der Waals surface area contributed by atoms with Gasteiger partial charge >= 0.3 is 0 Å². The molecule has 0 saturated carbocycles. The summed E-state index contributed by atoms with van der Waals surface area (Å²) in [7, 11) is 1.66. The summed E-state index contributed by atoms with van der Waals surface area (Å²) in [6.07, 6.45) is 0. The molecule has 2 aliphatic heterocycles. The van der Waals surface area contributed by atoms with Gasteiger partial charge in [-0.05, 0) is 49.2 Å². The predicted molar refractivity (Wildman–Crippen MR) is 115 cm³/mol. The van der Waals surface area contributed by atoms with Crippen molar-refractivity contribution in [3.05, 3.63) is 53.6 Å². The molecule has 1 N–H and O–H groups in total. The van der Waals surface area contributed by atoms with E-state index in [2.05, 4.69) is 10.2 Å². The SMILES string of the molecule is Cc1ccc2c(c1)N(C)C(=O)C(C)(C(=O)Nc1cccc(CN3CCOCC3)c1)O2. The smallest absolute Gasteiger partial charge is 0.280 e. The van der Waals surface area contributed by atoms with Gasteiger partial charge < -0.3 is 19.7 Å². The predicted octanol–water partition coefficient (Wildman–Crippen LogP) is 2.58. The number of ether oxygens (including phenoxy) is 2. The van der Waals surface area contributed by atoms with Crippen molar-refractivity contribution in [2.45, 2.75) is 26.0 Å². The molecular weight excluding hydrogens is 382 g/mol. The standard InChI is InChI=1S/C23H27N3O4/c1-16-7-8-20-19(13-16)25(3)22(28)23(2,30-20)21(27)24-18-6-4-5-17(14-18)15-26-9-11-29-12-10-26/h4-8,13-14H,9-12,15H2,1-3H3,(H,24,27). The summed E-state index contributed by atoms with van der Waals surface area (Å²) in [5.41, 5.74) is 1.77. The summed E-state index contributed by atoms with van der Waals surface area (Å²) in [5, 5.41) is 2.87. The fourth-order valence-electron chi connectivity index (χ4n) is 3.83. The molecular formula is C23H27N3O4. The Kier molecular flexibility index (Phi) is 5.49. The number of hydrogen-bond donors (Lipinski definition) is 1. The van der Waals surface area contributed by atoms with Crippen LogP contribution in [0, 0.1) is 6.92 Å². The number of nitrogens with one attached hydrogen (secondary N) is 1. The van der Waals surface area contributed by atoms with Gasteiger partial charge in [0.25, 0.3) is 17.4 Å². The van der Waals surface area contributed by atoms with E-state index in [-0.39, 0.29) is 0 Å². The Bertz CT molecular complexity index is 971. The van der Waals surface area contributed by atoms with Crippen molar-refractivity contribution in [1.29, 1.82) is 0 Å². The van der Waals surface area contributed by atoms with E-state index in [1.165, 1.54) is 11.8 Å². The van der Waals surface area contributed by atoms with E-state index in [1.54, 1.807) is 13.1 Å². The van der Waals surface area contributed by atoms with Crippen LogP contribution < -0.4 is 15.0 Å². The van der Waals surface area contributed by atoms with Gasteiger partial charge in [-0.2, -0.15) is 0 Å². The third-order valence-corrected chi connectivity index (χ3v) is 5.63. The molecule has 2 aromatic rings. The Morgan fingerprint density at radius 3 is 2.70 bits per heavy atom. The minimum atomic E-state index is -1.64. The quantitative estimate of drug-likeness (QED) is 0.786. The maximum Gasteiger partial charge on any atom is 0.280 e. The minimum Gasteiger partial charge on any atom is -0.465 e. The van der Waals surface area contributed by atoms with Crippen molar-refractivity contribution in [1.82, 2.24) is 4.90 Å². The zero-order valence-corrected chi connectivity index (χ0v) is 17.6. The van der Waals surface area contributed by atoms with Gasteiger partial charge in [0.05, 0.1) is 18.9 Å². The fourth-order valence-corrected chi connectivity index (χ4v) is 3.83. The average molecular weight is 409 g/mol. The van der Waals surface area contributed by atoms with E-state index >= 15 is 0 Å². The van der Waals surface area contributed by atoms with Crippen LogP contribution in [0.25, 0.3) is 0 Å². The van der Waals surface area contributed by atoms with Crippen LogP contribution in [-0.2, 0) is 20.9 Å². The van der Waals surface area contributed by atoms with E-state index in [4.69, 9.17) is 9.47 Å². The van der Waals surface area contributed by atoms with Gasteiger partial charge in [0.15, 0.2) is 0 Å². The summed E-state index contributed by atoms with van der Waals surface area (Å²) in [6, 6.07) is 13.3. The Morgan fingerprint density at radius 2 is 1.93 bits per heavy atom. The van der Waals surface area contributed by atoms with Gasteiger partial charge in [0, 0.05) is 32.4 Å². The number of rotatable bonds is 4. The second-order valence-electron chi connectivity index (χ2n) is 8.01. The number of morpholine rings is 1. The molecule has 158 valence electrons. The molecule has 2 aromatic carbocycles. The number of amides is 2. The molecule has 1 fully saturated rings. The van der Waals surface area contributed by atoms with Crippen LogP contribution in [0.1, 0.15) is 18.1 Å². The van der Waals surface area contributed by atoms with Crippen molar-refractivity contribution in [2.24, 2.45) is 0 Å². The molecule has 0 bridgehead atoms. The summed E-state index contributed by atoms with van der Waals surface area (Å²) < 4.78 is 11.3. The van der Waals surface area contributed by atoms with E-state index in [0.717, 1.165) is 44.0 Å². The van der Waals surface area contributed by atoms with Crippen molar-refractivity contribution >= 4 is 23.2 Å². The first-order chi connectivity index (χ1) is 14.4. The molecule has 4 rings (SSSR count). The lowest BCUT2D eigenvalue weighted by Gasteiger charge is -2.38. The number of carbonyl (C=O) groups excluding carboxylic acids is 2. The molecule has 0 spiro atoms. The normalized spacial score (nSPS) is 21.7. The molecule has 2 heterocycles. The van der Waals surface area contributed by atoms with Crippen LogP contribution in [-0.4, -0.2) is 55.7 Å². The maximum absolute atomic E-state index is 13.1. The Hall–Kier alpha value is -2.90. The monoisotopic (exact) mass is 409 g/mol. The van der Waals surface area contributed by atoms with Crippen molar-refractivity contribution in [2.75, 3.05) is 43.6 Å². The lowest BCUT2D eigenvalue weighted by Crippen LogP contribution is -2.59. The maximum atomic E-state index is 13.1. The zero-order chi connectivity index (χ0) is 21.3. The Balaban J connectivity index is 1.51. The van der Waals surface area contributed by atoms with E-state index < -0.39 is 17.4 Å². The Morgan fingerprint density at radius 1 is 1.17 bits per heavy atom. The number of anilines is 2. The van der Waals surface area contributed by atoms with Crippen LogP contribution in [0.15, 0.2) is 42.5 Å². The van der Waals surface area contributed by atoms with Crippen LogP contribution in [0.4, 0.5) is 11.4 Å². The number of nitrogens with zero attached hydrogens (tertiary/aromatic N) is 2. The van der Waals surface area contributed by atoms with Crippen molar-refractivity contribution in [3.8, 4) is 5.75 Å². The number of aryl methyl sites for hydroxylation is 1. The molecule has 2 aliphatic rings. The molecule has 0 radical (unpaired) electrons. The first kappa shape index (κ1) is 20.4. The van der Waals surface area contributed by atoms with Gasteiger partial charge in [-0.3, -0.25) is 14.5 Å². The number of benzene rings is 2. The second kappa shape index (κ2) is 8.08. The highest BCUT2D eigenvalue weighted by Gasteiger charge is 2.49. The molecule has 1 atom stereocenters. The lowest BCUT2D eigenvalue weighted by molar-refractivity contribution is -0.144. The highest BCUT2D eigenvalue weighted by Crippen LogP contribution is 2.38. The molecule has 7 heteroatoms. The van der Waals surface area contributed by atoms with Gasteiger partial charge in [0.2, 0.25) is 0 Å². The zero-order valence-electron chi connectivity index (χ0n) is 17.6. The first-order valence-corrected chi connectivity index (χ1v) is 10.1. The van der Waals surface area contributed by atoms with E-state index in [1.807, 2.05) is 43.3 Å². The van der Waals surface area contributed by atoms with E-state index in [0.29, 0.717) is 17.1 Å². The van der Waals surface area contributed by atoms with Crippen LogP contribution in [0.2, 0.25) is 0 Å². The highest BCUT2D eigenvalue weighted by molar-refractivity contribution is 6.19. The number of likely N-dealkylation sites (N-methyl/N-ethyl adjacent to an activating group) is 1. The number of carbonyl (C=O) groups is 2. The molecule has 2 amide bonds. The average Bonchev–Trinajstić information content (AvgIpc) is 2.74. The van der Waals surface area contributed by atoms with Crippen LogP contribution in [0.5, 0.6) is 5.75 Å². The first-order valence-electron chi connectivity index (χ1n) is 10.1. The third-order valence-electron chi connectivity index (χ3n) is 5.63. The van der Waals surface area contributed by atoms with Crippen molar-refractivity contribution < 1.29 is 19.1 Å².